The minimum atomic E-state index is -2.51. The molecule has 1 aromatic carbocycles. The Labute approximate surface area is 122 Å². The molecule has 2 unspecified atom stereocenters. The summed E-state index contributed by atoms with van der Waals surface area (Å²) in [7, 11) is 0. The van der Waals surface area contributed by atoms with Gasteiger partial charge in [-0.15, -0.1) is 0 Å². The molecule has 2 heterocycles. The molecular formula is C15H19F2N3O. The van der Waals surface area contributed by atoms with Gasteiger partial charge in [-0.05, 0) is 18.5 Å². The summed E-state index contributed by atoms with van der Waals surface area (Å²) in [5.41, 5.74) is 1.03. The maximum absolute atomic E-state index is 12.8. The van der Waals surface area contributed by atoms with Crippen LogP contribution in [0.1, 0.15) is 12.0 Å². The number of amides is 1. The molecule has 21 heavy (non-hydrogen) atoms. The number of benzene rings is 1. The maximum atomic E-state index is 12.8. The van der Waals surface area contributed by atoms with Crippen LogP contribution in [0.15, 0.2) is 30.3 Å². The van der Waals surface area contributed by atoms with Crippen LogP contribution < -0.4 is 5.32 Å². The quantitative estimate of drug-likeness (QED) is 0.914. The van der Waals surface area contributed by atoms with Crippen molar-refractivity contribution in [2.75, 3.05) is 19.6 Å². The van der Waals surface area contributed by atoms with Gasteiger partial charge in [-0.1, -0.05) is 30.3 Å². The van der Waals surface area contributed by atoms with Crippen molar-refractivity contribution < 1.29 is 13.6 Å². The number of alkyl halides is 2. The van der Waals surface area contributed by atoms with Gasteiger partial charge in [0.05, 0.1) is 12.5 Å². The fourth-order valence-electron chi connectivity index (χ4n) is 3.25. The van der Waals surface area contributed by atoms with E-state index in [0.717, 1.165) is 18.5 Å². The van der Waals surface area contributed by atoms with Gasteiger partial charge in [-0.3, -0.25) is 9.80 Å². The summed E-state index contributed by atoms with van der Waals surface area (Å²) in [5.74, 6) is -0.385. The third kappa shape index (κ3) is 2.91. The summed E-state index contributed by atoms with van der Waals surface area (Å²) >= 11 is 0. The molecular weight excluding hydrogens is 276 g/mol. The van der Waals surface area contributed by atoms with Crippen LogP contribution in [-0.2, 0) is 11.3 Å². The Morgan fingerprint density at radius 3 is 2.76 bits per heavy atom. The van der Waals surface area contributed by atoms with E-state index in [0.29, 0.717) is 13.1 Å². The van der Waals surface area contributed by atoms with Gasteiger partial charge in [-0.2, -0.15) is 0 Å². The van der Waals surface area contributed by atoms with Crippen LogP contribution in [0.5, 0.6) is 0 Å². The largest absolute Gasteiger partial charge is 0.316 e. The Bertz CT molecular complexity index is 497. The molecule has 3 rings (SSSR count). The molecule has 0 radical (unpaired) electrons. The van der Waals surface area contributed by atoms with Crippen LogP contribution in [0.25, 0.3) is 0 Å². The van der Waals surface area contributed by atoms with Gasteiger partial charge in [0.1, 0.15) is 0 Å². The first kappa shape index (κ1) is 14.4. The van der Waals surface area contributed by atoms with Crippen molar-refractivity contribution in [2.24, 2.45) is 5.92 Å². The summed E-state index contributed by atoms with van der Waals surface area (Å²) in [4.78, 5) is 12.4. The smallest absolute Gasteiger partial charge is 0.257 e. The number of carbonyl (C=O) groups is 1. The highest BCUT2D eigenvalue weighted by Crippen LogP contribution is 2.31. The number of halogens is 2. The van der Waals surface area contributed by atoms with E-state index in [2.05, 4.69) is 5.32 Å². The molecule has 0 aromatic heterocycles. The third-order valence-electron chi connectivity index (χ3n) is 4.21. The number of hydrogen-bond donors (Lipinski definition) is 1. The first-order valence-corrected chi connectivity index (χ1v) is 7.27. The monoisotopic (exact) mass is 295 g/mol. The molecule has 6 heteroatoms. The number of nitrogens with zero attached hydrogens (tertiary/aromatic N) is 2. The second kappa shape index (κ2) is 6.07. The van der Waals surface area contributed by atoms with Crippen LogP contribution >= 0.6 is 0 Å². The van der Waals surface area contributed by atoms with Gasteiger partial charge in [0.15, 0.2) is 0 Å². The van der Waals surface area contributed by atoms with Crippen LogP contribution in [-0.4, -0.2) is 48.0 Å². The van der Waals surface area contributed by atoms with Crippen molar-refractivity contribution in [1.82, 2.24) is 15.3 Å². The Morgan fingerprint density at radius 2 is 2.05 bits per heavy atom. The van der Waals surface area contributed by atoms with Crippen molar-refractivity contribution in [1.29, 1.82) is 0 Å². The average Bonchev–Trinajstić information content (AvgIpc) is 2.74. The third-order valence-corrected chi connectivity index (χ3v) is 4.21. The molecule has 2 atom stereocenters. The first-order chi connectivity index (χ1) is 10.2. The van der Waals surface area contributed by atoms with E-state index in [1.165, 1.54) is 5.01 Å². The van der Waals surface area contributed by atoms with Crippen molar-refractivity contribution in [2.45, 2.75) is 25.4 Å². The molecule has 2 aliphatic heterocycles. The van der Waals surface area contributed by atoms with Crippen LogP contribution in [0.4, 0.5) is 8.78 Å². The zero-order valence-corrected chi connectivity index (χ0v) is 11.7. The molecule has 1 amide bonds. The second-order valence-corrected chi connectivity index (χ2v) is 5.56. The fraction of sp³-hybridized carbons (Fsp3) is 0.533. The van der Waals surface area contributed by atoms with Gasteiger partial charge in [0.2, 0.25) is 5.91 Å². The number of nitrogens with one attached hydrogen (secondary N) is 1. The van der Waals surface area contributed by atoms with E-state index in [1.807, 2.05) is 35.3 Å². The van der Waals surface area contributed by atoms with E-state index in [-0.39, 0.29) is 17.9 Å². The first-order valence-electron chi connectivity index (χ1n) is 7.27. The molecule has 114 valence electrons. The highest BCUT2D eigenvalue weighted by atomic mass is 19.3. The number of fused-ring (bicyclic) bond motifs is 1. The van der Waals surface area contributed by atoms with Crippen molar-refractivity contribution >= 4 is 5.91 Å². The van der Waals surface area contributed by atoms with Crippen LogP contribution in [0.2, 0.25) is 0 Å². The van der Waals surface area contributed by atoms with Crippen molar-refractivity contribution in [3.63, 3.8) is 0 Å². The van der Waals surface area contributed by atoms with E-state index >= 15 is 0 Å². The highest BCUT2D eigenvalue weighted by Gasteiger charge is 2.47. The molecule has 0 spiro atoms. The number of hydrogen-bond acceptors (Lipinski definition) is 3. The molecule has 1 N–H and O–H groups in total. The molecule has 2 aliphatic rings. The molecule has 0 aliphatic carbocycles. The lowest BCUT2D eigenvalue weighted by molar-refractivity contribution is -0.145. The average molecular weight is 295 g/mol. The van der Waals surface area contributed by atoms with Gasteiger partial charge < -0.3 is 5.32 Å². The van der Waals surface area contributed by atoms with Gasteiger partial charge >= 0.3 is 0 Å². The molecule has 2 fully saturated rings. The van der Waals surface area contributed by atoms with E-state index in [1.54, 1.807) is 0 Å². The Kier molecular flexibility index (Phi) is 4.17. The molecule has 2 saturated heterocycles. The molecule has 0 bridgehead atoms. The van der Waals surface area contributed by atoms with Gasteiger partial charge in [-0.25, -0.2) is 13.8 Å². The summed E-state index contributed by atoms with van der Waals surface area (Å²) in [6.07, 6.45) is -1.71. The highest BCUT2D eigenvalue weighted by molar-refractivity contribution is 5.81. The molecule has 0 saturated carbocycles. The summed E-state index contributed by atoms with van der Waals surface area (Å²) in [6.45, 7) is 1.38. The summed E-state index contributed by atoms with van der Waals surface area (Å²) in [6, 6.07) is 9.70. The lowest BCUT2D eigenvalue weighted by Crippen LogP contribution is -2.46. The molecule has 4 nitrogen and oxygen atoms in total. The van der Waals surface area contributed by atoms with Gasteiger partial charge in [0.25, 0.3) is 6.43 Å². The Morgan fingerprint density at radius 1 is 1.29 bits per heavy atom. The van der Waals surface area contributed by atoms with Crippen LogP contribution in [0.3, 0.4) is 0 Å². The van der Waals surface area contributed by atoms with Crippen molar-refractivity contribution in [3.8, 4) is 0 Å². The zero-order valence-electron chi connectivity index (χ0n) is 11.7. The standard InChI is InChI=1S/C15H19F2N3O/c16-14(17)10-20-15(21)12-8-18-7-6-13(12)19(20)9-11-4-2-1-3-5-11/h1-5,12-14,18H,6-10H2. The lowest BCUT2D eigenvalue weighted by atomic mass is 9.94. The fourth-order valence-corrected chi connectivity index (χ4v) is 3.25. The second-order valence-electron chi connectivity index (χ2n) is 5.56. The predicted molar refractivity (Wildman–Crippen MR) is 74.5 cm³/mol. The van der Waals surface area contributed by atoms with Crippen molar-refractivity contribution in [3.05, 3.63) is 35.9 Å². The number of rotatable bonds is 4. The summed E-state index contributed by atoms with van der Waals surface area (Å²) < 4.78 is 25.6. The Hall–Kier alpha value is -1.53. The SMILES string of the molecule is O=C1C2CNCCC2N(Cc2ccccc2)N1CC(F)F. The minimum absolute atomic E-state index is 0.0257. The van der Waals surface area contributed by atoms with E-state index in [9.17, 15) is 13.6 Å². The number of carbonyl (C=O) groups excluding carboxylic acids is 1. The maximum Gasteiger partial charge on any atom is 0.257 e. The topological polar surface area (TPSA) is 35.6 Å². The Balaban J connectivity index is 1.83. The van der Waals surface area contributed by atoms with Gasteiger partial charge in [0, 0.05) is 19.1 Å². The van der Waals surface area contributed by atoms with E-state index < -0.39 is 13.0 Å². The minimum Gasteiger partial charge on any atom is -0.316 e. The normalized spacial score (nSPS) is 26.4. The number of piperidine rings is 1. The molecule has 1 aromatic rings. The van der Waals surface area contributed by atoms with Crippen LogP contribution in [0, 0.1) is 5.92 Å². The predicted octanol–water partition coefficient (Wildman–Crippen LogP) is 1.49. The summed E-state index contributed by atoms with van der Waals surface area (Å²) in [5, 5.41) is 6.29. The van der Waals surface area contributed by atoms with E-state index in [4.69, 9.17) is 0 Å². The lowest BCUT2D eigenvalue weighted by Gasteiger charge is -2.33. The zero-order chi connectivity index (χ0) is 14.8. The number of hydrazine groups is 1.